The molecule has 0 aliphatic carbocycles. The van der Waals surface area contributed by atoms with E-state index in [1.165, 1.54) is 7.11 Å². The number of nitrogen functional groups attached to an aromatic ring is 1. The number of carbonyl (C=O) groups is 1. The molecule has 0 saturated heterocycles. The summed E-state index contributed by atoms with van der Waals surface area (Å²) in [5.74, 6) is 0.264. The van der Waals surface area contributed by atoms with Gasteiger partial charge >= 0.3 is 5.97 Å². The molecule has 0 amide bonds. The number of para-hydroxylation sites is 1. The lowest BCUT2D eigenvalue weighted by Crippen LogP contribution is -2.05. The standard InChI is InChI=1S/C15H15NO4/c1-19-15(18)12-3-2-4-13(16)14(12)20-11-7-5-10(9-17)6-8-11/h2-8,17H,9,16H2,1H3. The molecule has 5 nitrogen and oxygen atoms in total. The molecule has 0 aliphatic heterocycles. The Labute approximate surface area is 116 Å². The lowest BCUT2D eigenvalue weighted by atomic mass is 10.1. The summed E-state index contributed by atoms with van der Waals surface area (Å²) in [4.78, 5) is 11.7. The van der Waals surface area contributed by atoms with Gasteiger partial charge in [0.15, 0.2) is 5.75 Å². The molecule has 0 atom stereocenters. The summed E-state index contributed by atoms with van der Waals surface area (Å²) < 4.78 is 10.4. The van der Waals surface area contributed by atoms with Gasteiger partial charge in [-0.05, 0) is 29.8 Å². The summed E-state index contributed by atoms with van der Waals surface area (Å²) in [6.45, 7) is -0.0405. The van der Waals surface area contributed by atoms with Crippen LogP contribution in [0.3, 0.4) is 0 Å². The van der Waals surface area contributed by atoms with E-state index in [2.05, 4.69) is 0 Å². The van der Waals surface area contributed by atoms with E-state index in [9.17, 15) is 4.79 Å². The van der Waals surface area contributed by atoms with Crippen molar-refractivity contribution in [3.8, 4) is 11.5 Å². The maximum Gasteiger partial charge on any atom is 0.341 e. The number of nitrogens with two attached hydrogens (primary N) is 1. The van der Waals surface area contributed by atoms with Crippen molar-refractivity contribution in [3.05, 3.63) is 53.6 Å². The zero-order chi connectivity index (χ0) is 14.5. The van der Waals surface area contributed by atoms with Crippen molar-refractivity contribution in [1.82, 2.24) is 0 Å². The first-order valence-electron chi connectivity index (χ1n) is 6.00. The number of ether oxygens (including phenoxy) is 2. The molecule has 2 aromatic rings. The first-order valence-corrected chi connectivity index (χ1v) is 6.00. The van der Waals surface area contributed by atoms with Gasteiger partial charge in [0.1, 0.15) is 11.3 Å². The summed E-state index contributed by atoms with van der Waals surface area (Å²) in [5.41, 5.74) is 7.22. The number of hydrogen-bond donors (Lipinski definition) is 2. The second-order valence-electron chi connectivity index (χ2n) is 4.12. The fraction of sp³-hybridized carbons (Fsp3) is 0.133. The number of rotatable bonds is 4. The van der Waals surface area contributed by atoms with Crippen LogP contribution in [0.15, 0.2) is 42.5 Å². The Bertz CT molecular complexity index is 608. The van der Waals surface area contributed by atoms with Crippen LogP contribution in [-0.4, -0.2) is 18.2 Å². The lowest BCUT2D eigenvalue weighted by molar-refractivity contribution is 0.0598. The number of methoxy groups -OCH3 is 1. The lowest BCUT2D eigenvalue weighted by Gasteiger charge is -2.12. The molecule has 104 valence electrons. The zero-order valence-electron chi connectivity index (χ0n) is 11.0. The molecule has 0 radical (unpaired) electrons. The van der Waals surface area contributed by atoms with Crippen molar-refractivity contribution >= 4 is 11.7 Å². The summed E-state index contributed by atoms with van der Waals surface area (Å²) in [7, 11) is 1.30. The number of carbonyl (C=O) groups excluding carboxylic acids is 1. The fourth-order valence-corrected chi connectivity index (χ4v) is 1.72. The Morgan fingerprint density at radius 3 is 2.50 bits per heavy atom. The first-order chi connectivity index (χ1) is 9.65. The molecule has 0 bridgehead atoms. The van der Waals surface area contributed by atoms with Crippen molar-refractivity contribution in [2.45, 2.75) is 6.61 Å². The van der Waals surface area contributed by atoms with Gasteiger partial charge in [0.05, 0.1) is 19.4 Å². The second kappa shape index (κ2) is 6.08. The Kier molecular flexibility index (Phi) is 4.22. The summed E-state index contributed by atoms with van der Waals surface area (Å²) >= 11 is 0. The van der Waals surface area contributed by atoms with Gasteiger partial charge in [0.25, 0.3) is 0 Å². The van der Waals surface area contributed by atoms with Crippen LogP contribution in [0.5, 0.6) is 11.5 Å². The van der Waals surface area contributed by atoms with Gasteiger partial charge in [0, 0.05) is 0 Å². The number of esters is 1. The maximum atomic E-state index is 11.7. The number of aliphatic hydroxyl groups excluding tert-OH is 1. The van der Waals surface area contributed by atoms with Crippen LogP contribution in [0.1, 0.15) is 15.9 Å². The highest BCUT2D eigenvalue weighted by Gasteiger charge is 2.16. The fourth-order valence-electron chi connectivity index (χ4n) is 1.72. The summed E-state index contributed by atoms with van der Waals surface area (Å²) in [6.07, 6.45) is 0. The molecule has 0 fully saturated rings. The molecule has 0 aromatic heterocycles. The van der Waals surface area contributed by atoms with E-state index in [-0.39, 0.29) is 17.9 Å². The highest BCUT2D eigenvalue weighted by molar-refractivity contribution is 5.94. The predicted octanol–water partition coefficient (Wildman–Crippen LogP) is 2.34. The molecular weight excluding hydrogens is 258 g/mol. The SMILES string of the molecule is COC(=O)c1cccc(N)c1Oc1ccc(CO)cc1. The van der Waals surface area contributed by atoms with E-state index in [4.69, 9.17) is 20.3 Å². The molecule has 0 spiro atoms. The van der Waals surface area contributed by atoms with E-state index < -0.39 is 5.97 Å². The van der Waals surface area contributed by atoms with Crippen LogP contribution >= 0.6 is 0 Å². The smallest absolute Gasteiger partial charge is 0.341 e. The molecular formula is C15H15NO4. The minimum atomic E-state index is -0.515. The van der Waals surface area contributed by atoms with E-state index >= 15 is 0 Å². The van der Waals surface area contributed by atoms with Crippen LogP contribution in [0.2, 0.25) is 0 Å². The Morgan fingerprint density at radius 2 is 1.90 bits per heavy atom. The summed E-state index contributed by atoms with van der Waals surface area (Å²) in [5, 5.41) is 8.99. The minimum Gasteiger partial charge on any atom is -0.465 e. The van der Waals surface area contributed by atoms with Crippen molar-refractivity contribution in [1.29, 1.82) is 0 Å². The molecule has 3 N–H and O–H groups in total. The topological polar surface area (TPSA) is 81.8 Å². The van der Waals surface area contributed by atoms with Gasteiger partial charge in [-0.25, -0.2) is 4.79 Å². The maximum absolute atomic E-state index is 11.7. The van der Waals surface area contributed by atoms with Gasteiger partial charge in [0.2, 0.25) is 0 Å². The molecule has 0 unspecified atom stereocenters. The van der Waals surface area contributed by atoms with Crippen LogP contribution in [0.4, 0.5) is 5.69 Å². The number of anilines is 1. The average molecular weight is 273 g/mol. The van der Waals surface area contributed by atoms with Gasteiger partial charge in [-0.15, -0.1) is 0 Å². The quantitative estimate of drug-likeness (QED) is 0.660. The van der Waals surface area contributed by atoms with E-state index in [0.29, 0.717) is 11.4 Å². The van der Waals surface area contributed by atoms with Crippen LogP contribution in [0, 0.1) is 0 Å². The molecule has 0 heterocycles. The van der Waals surface area contributed by atoms with Crippen LogP contribution < -0.4 is 10.5 Å². The van der Waals surface area contributed by atoms with E-state index in [1.54, 1.807) is 42.5 Å². The Morgan fingerprint density at radius 1 is 1.20 bits per heavy atom. The van der Waals surface area contributed by atoms with Crippen molar-refractivity contribution in [2.75, 3.05) is 12.8 Å². The molecule has 2 aromatic carbocycles. The largest absolute Gasteiger partial charge is 0.465 e. The van der Waals surface area contributed by atoms with Crippen LogP contribution in [0.25, 0.3) is 0 Å². The van der Waals surface area contributed by atoms with Gasteiger partial charge < -0.3 is 20.3 Å². The third-order valence-corrected chi connectivity index (χ3v) is 2.78. The van der Waals surface area contributed by atoms with E-state index in [0.717, 1.165) is 5.56 Å². The first kappa shape index (κ1) is 13.9. The molecule has 20 heavy (non-hydrogen) atoms. The van der Waals surface area contributed by atoms with Gasteiger partial charge in [-0.1, -0.05) is 18.2 Å². The number of benzene rings is 2. The van der Waals surface area contributed by atoms with Gasteiger partial charge in [-0.2, -0.15) is 0 Å². The predicted molar refractivity (Wildman–Crippen MR) is 74.6 cm³/mol. The molecule has 2 rings (SSSR count). The average Bonchev–Trinajstić information content (AvgIpc) is 2.49. The highest BCUT2D eigenvalue weighted by atomic mass is 16.5. The highest BCUT2D eigenvalue weighted by Crippen LogP contribution is 2.31. The van der Waals surface area contributed by atoms with Crippen molar-refractivity contribution in [2.24, 2.45) is 0 Å². The van der Waals surface area contributed by atoms with Crippen molar-refractivity contribution < 1.29 is 19.4 Å². The zero-order valence-corrected chi connectivity index (χ0v) is 11.0. The third-order valence-electron chi connectivity index (χ3n) is 2.78. The Hall–Kier alpha value is -2.53. The monoisotopic (exact) mass is 273 g/mol. The molecule has 5 heteroatoms. The third kappa shape index (κ3) is 2.89. The van der Waals surface area contributed by atoms with Gasteiger partial charge in [-0.3, -0.25) is 0 Å². The molecule has 0 aliphatic rings. The van der Waals surface area contributed by atoms with E-state index in [1.807, 2.05) is 0 Å². The number of aliphatic hydroxyl groups is 1. The second-order valence-corrected chi connectivity index (χ2v) is 4.12. The molecule has 0 saturated carbocycles. The Balaban J connectivity index is 2.34. The van der Waals surface area contributed by atoms with Crippen LogP contribution in [-0.2, 0) is 11.3 Å². The normalized spacial score (nSPS) is 10.1. The summed E-state index contributed by atoms with van der Waals surface area (Å²) in [6, 6.07) is 11.7. The number of hydrogen-bond acceptors (Lipinski definition) is 5. The minimum absolute atomic E-state index is 0.0405. The van der Waals surface area contributed by atoms with Crippen molar-refractivity contribution in [3.63, 3.8) is 0 Å².